The van der Waals surface area contributed by atoms with Crippen LogP contribution in [0.2, 0.25) is 5.02 Å². The van der Waals surface area contributed by atoms with Crippen molar-refractivity contribution in [2.75, 3.05) is 12.5 Å². The second-order valence-electron chi connectivity index (χ2n) is 8.80. The van der Waals surface area contributed by atoms with Gasteiger partial charge in [0.15, 0.2) is 0 Å². The van der Waals surface area contributed by atoms with Gasteiger partial charge in [0, 0.05) is 17.6 Å². The van der Waals surface area contributed by atoms with Crippen LogP contribution in [0.15, 0.2) is 48.5 Å². The van der Waals surface area contributed by atoms with Crippen LogP contribution in [0.1, 0.15) is 69.0 Å². The van der Waals surface area contributed by atoms with Crippen molar-refractivity contribution in [2.24, 2.45) is 0 Å². The molecule has 34 heavy (non-hydrogen) atoms. The Morgan fingerprint density at radius 2 is 1.74 bits per heavy atom. The molecule has 1 fully saturated rings. The number of ether oxygens (including phenoxy) is 1. The molecule has 2 amide bonds. The van der Waals surface area contributed by atoms with E-state index in [-0.39, 0.29) is 30.3 Å². The summed E-state index contributed by atoms with van der Waals surface area (Å²) >= 11 is 12.0. The number of nitrogens with one attached hydrogen (secondary N) is 1. The molecule has 0 aromatic heterocycles. The van der Waals surface area contributed by atoms with Crippen LogP contribution in [-0.2, 0) is 16.1 Å². The third kappa shape index (κ3) is 7.64. The maximum Gasteiger partial charge on any atom is 0.247 e. The van der Waals surface area contributed by atoms with Gasteiger partial charge >= 0.3 is 0 Å². The summed E-state index contributed by atoms with van der Waals surface area (Å²) in [6, 6.07) is 14.0. The predicted octanol–water partition coefficient (Wildman–Crippen LogP) is 6.28. The third-order valence-corrected chi connectivity index (χ3v) is 6.66. The van der Waals surface area contributed by atoms with Crippen LogP contribution in [0.4, 0.5) is 0 Å². The van der Waals surface area contributed by atoms with Crippen molar-refractivity contribution in [1.29, 1.82) is 0 Å². The summed E-state index contributed by atoms with van der Waals surface area (Å²) in [6.45, 7) is 3.01. The molecule has 1 unspecified atom stereocenters. The lowest BCUT2D eigenvalue weighted by Gasteiger charge is -2.33. The molecule has 0 radical (unpaired) electrons. The minimum absolute atomic E-state index is 0.129. The zero-order valence-corrected chi connectivity index (χ0v) is 21.3. The van der Waals surface area contributed by atoms with Gasteiger partial charge in [-0.25, -0.2) is 0 Å². The number of benzene rings is 2. The molecule has 0 bridgehead atoms. The number of alkyl halides is 1. The fourth-order valence-corrected chi connectivity index (χ4v) is 4.55. The summed E-state index contributed by atoms with van der Waals surface area (Å²) in [5.41, 5.74) is 1.60. The van der Waals surface area contributed by atoms with Gasteiger partial charge in [-0.2, -0.15) is 0 Å². The second-order valence-corrected chi connectivity index (χ2v) is 9.50. The molecule has 2 aromatic carbocycles. The number of amides is 2. The van der Waals surface area contributed by atoms with Gasteiger partial charge in [-0.3, -0.25) is 9.59 Å². The van der Waals surface area contributed by atoms with Crippen molar-refractivity contribution in [3.05, 3.63) is 64.7 Å². The van der Waals surface area contributed by atoms with Crippen LogP contribution in [0, 0.1) is 0 Å². The van der Waals surface area contributed by atoms with E-state index in [4.69, 9.17) is 27.9 Å². The first-order valence-electron chi connectivity index (χ1n) is 12.1. The first-order valence-corrected chi connectivity index (χ1v) is 13.1. The fourth-order valence-electron chi connectivity index (χ4n) is 4.27. The molecule has 0 spiro atoms. The SMILES string of the molecule is CCCCOc1ccc(C(C(=O)NC2CCCCC2)N(Cc2ccc(Cl)cc2)C(=O)CCl)cc1. The first-order chi connectivity index (χ1) is 16.5. The monoisotopic (exact) mass is 504 g/mol. The maximum absolute atomic E-state index is 13.6. The van der Waals surface area contributed by atoms with Gasteiger partial charge in [0.25, 0.3) is 0 Å². The molecule has 184 valence electrons. The highest BCUT2D eigenvalue weighted by Gasteiger charge is 2.32. The molecular weight excluding hydrogens is 471 g/mol. The highest BCUT2D eigenvalue weighted by Crippen LogP contribution is 2.28. The molecule has 1 saturated carbocycles. The zero-order chi connectivity index (χ0) is 24.3. The van der Waals surface area contributed by atoms with Crippen LogP contribution < -0.4 is 10.1 Å². The van der Waals surface area contributed by atoms with E-state index in [0.29, 0.717) is 11.6 Å². The van der Waals surface area contributed by atoms with Gasteiger partial charge in [0.2, 0.25) is 11.8 Å². The summed E-state index contributed by atoms with van der Waals surface area (Å²) in [5.74, 6) is 0.0539. The lowest BCUT2D eigenvalue weighted by molar-refractivity contribution is -0.140. The van der Waals surface area contributed by atoms with E-state index in [1.807, 2.05) is 36.4 Å². The van der Waals surface area contributed by atoms with Crippen LogP contribution in [-0.4, -0.2) is 35.2 Å². The lowest BCUT2D eigenvalue weighted by Crippen LogP contribution is -2.47. The van der Waals surface area contributed by atoms with Crippen molar-refractivity contribution in [3.63, 3.8) is 0 Å². The molecule has 7 heteroatoms. The number of rotatable bonds is 11. The maximum atomic E-state index is 13.6. The molecule has 1 aliphatic rings. The minimum atomic E-state index is -0.798. The Morgan fingerprint density at radius 1 is 1.06 bits per heavy atom. The standard InChI is InChI=1S/C27H34Cl2N2O3/c1-2-3-17-34-24-15-11-21(12-16-24)26(27(33)30-23-7-5-4-6-8-23)31(25(32)18-28)19-20-9-13-22(29)14-10-20/h9-16,23,26H,2-8,17-19H2,1H3,(H,30,33). The zero-order valence-electron chi connectivity index (χ0n) is 19.8. The number of hydrogen-bond acceptors (Lipinski definition) is 3. The van der Waals surface area contributed by atoms with Crippen molar-refractivity contribution in [2.45, 2.75) is 70.5 Å². The molecular formula is C27H34Cl2N2O3. The van der Waals surface area contributed by atoms with Crippen LogP contribution in [0.5, 0.6) is 5.75 Å². The van der Waals surface area contributed by atoms with Crippen molar-refractivity contribution in [1.82, 2.24) is 10.2 Å². The topological polar surface area (TPSA) is 58.6 Å². The highest BCUT2D eigenvalue weighted by molar-refractivity contribution is 6.30. The average Bonchev–Trinajstić information content (AvgIpc) is 2.86. The fraction of sp³-hybridized carbons (Fsp3) is 0.481. The molecule has 1 aliphatic carbocycles. The van der Waals surface area contributed by atoms with E-state index in [9.17, 15) is 9.59 Å². The van der Waals surface area contributed by atoms with Crippen molar-refractivity contribution in [3.8, 4) is 5.75 Å². The first kappa shape index (κ1) is 26.4. The number of carbonyl (C=O) groups is 2. The van der Waals surface area contributed by atoms with E-state index in [2.05, 4.69) is 12.2 Å². The summed E-state index contributed by atoms with van der Waals surface area (Å²) in [4.78, 5) is 28.2. The Hall–Kier alpha value is -2.24. The Morgan fingerprint density at radius 3 is 2.35 bits per heavy atom. The van der Waals surface area contributed by atoms with E-state index < -0.39 is 6.04 Å². The molecule has 1 atom stereocenters. The molecule has 3 rings (SSSR count). The van der Waals surface area contributed by atoms with Crippen LogP contribution in [0.3, 0.4) is 0 Å². The molecule has 0 saturated heterocycles. The smallest absolute Gasteiger partial charge is 0.247 e. The van der Waals surface area contributed by atoms with Crippen molar-refractivity contribution >= 4 is 35.0 Å². The average molecular weight is 505 g/mol. The van der Waals surface area contributed by atoms with Gasteiger partial charge in [-0.15, -0.1) is 11.6 Å². The van der Waals surface area contributed by atoms with Gasteiger partial charge in [0.05, 0.1) is 6.61 Å². The lowest BCUT2D eigenvalue weighted by atomic mass is 9.94. The van der Waals surface area contributed by atoms with Gasteiger partial charge < -0.3 is 15.0 Å². The number of nitrogens with zero attached hydrogens (tertiary/aromatic N) is 1. The summed E-state index contributed by atoms with van der Waals surface area (Å²) in [5, 5.41) is 3.82. The van der Waals surface area contributed by atoms with E-state index >= 15 is 0 Å². The summed E-state index contributed by atoms with van der Waals surface area (Å²) in [6.07, 6.45) is 7.37. The summed E-state index contributed by atoms with van der Waals surface area (Å²) in [7, 11) is 0. The van der Waals surface area contributed by atoms with Crippen molar-refractivity contribution < 1.29 is 14.3 Å². The van der Waals surface area contributed by atoms with Crippen LogP contribution >= 0.6 is 23.2 Å². The Bertz CT molecular complexity index is 912. The Kier molecular flexibility index (Phi) is 10.5. The predicted molar refractivity (Wildman–Crippen MR) is 137 cm³/mol. The number of unbranched alkanes of at least 4 members (excludes halogenated alkanes) is 1. The Labute approximate surface area is 212 Å². The highest BCUT2D eigenvalue weighted by atomic mass is 35.5. The summed E-state index contributed by atoms with van der Waals surface area (Å²) < 4.78 is 5.78. The van der Waals surface area contributed by atoms with E-state index in [0.717, 1.165) is 55.4 Å². The Balaban J connectivity index is 1.89. The third-order valence-electron chi connectivity index (χ3n) is 6.17. The second kappa shape index (κ2) is 13.6. The van der Waals surface area contributed by atoms with Crippen LogP contribution in [0.25, 0.3) is 0 Å². The molecule has 5 nitrogen and oxygen atoms in total. The number of halogens is 2. The van der Waals surface area contributed by atoms with Gasteiger partial charge in [-0.1, -0.05) is 68.5 Å². The van der Waals surface area contributed by atoms with Gasteiger partial charge in [-0.05, 0) is 54.7 Å². The minimum Gasteiger partial charge on any atom is -0.494 e. The normalized spacial score (nSPS) is 14.9. The quantitative estimate of drug-likeness (QED) is 0.289. The van der Waals surface area contributed by atoms with E-state index in [1.165, 1.54) is 6.42 Å². The van der Waals surface area contributed by atoms with E-state index in [1.54, 1.807) is 17.0 Å². The molecule has 0 heterocycles. The molecule has 1 N–H and O–H groups in total. The number of hydrogen-bond donors (Lipinski definition) is 1. The molecule has 2 aromatic rings. The van der Waals surface area contributed by atoms with Gasteiger partial charge in [0.1, 0.15) is 17.7 Å². The largest absolute Gasteiger partial charge is 0.494 e. The number of carbonyl (C=O) groups excluding carboxylic acids is 2. The molecule has 0 aliphatic heterocycles.